The van der Waals surface area contributed by atoms with E-state index in [0.29, 0.717) is 33.5 Å². The number of nitroso groups, excluding NO2 is 1. The average Bonchev–Trinajstić information content (AvgIpc) is 2.78. The van der Waals surface area contributed by atoms with Crippen LogP contribution in [0, 0.1) is 4.91 Å². The van der Waals surface area contributed by atoms with Gasteiger partial charge in [-0.1, -0.05) is 66.7 Å². The fourth-order valence-electron chi connectivity index (χ4n) is 4.64. The van der Waals surface area contributed by atoms with Crippen LogP contribution < -0.4 is 5.32 Å². The molecule has 2 N–H and O–H groups in total. The fraction of sp³-hybridized carbons (Fsp3) is 0.458. The number of aliphatic carboxylic acids is 1. The zero-order valence-electron chi connectivity index (χ0n) is 19.2. The van der Waals surface area contributed by atoms with Gasteiger partial charge in [-0.3, -0.25) is 4.79 Å². The van der Waals surface area contributed by atoms with Gasteiger partial charge < -0.3 is 15.3 Å². The molecule has 0 spiro atoms. The van der Waals surface area contributed by atoms with Crippen LogP contribution in [0.1, 0.15) is 50.5 Å². The van der Waals surface area contributed by atoms with Crippen molar-refractivity contribution in [2.45, 2.75) is 55.7 Å². The Kier molecular flexibility index (Phi) is 11.0. The standard InChI is InChI=1S/C24H29Cl2N3O3S.ClH/c1-16(29(2)15-24(33-28-32)13-6-3-7-14-24)21(23(30)31)17-9-4-5-12-20(17)27-22-18(25)10-8-11-19(22)26;/h4-5,8-12,16,21,27H,3,6-7,13-15H2,1-2H3,(H,30,31);1H. The van der Waals surface area contributed by atoms with Crippen molar-refractivity contribution in [1.29, 1.82) is 0 Å². The summed E-state index contributed by atoms with van der Waals surface area (Å²) in [5.74, 6) is -1.73. The van der Waals surface area contributed by atoms with E-state index in [1.807, 2.05) is 43.1 Å². The predicted octanol–water partition coefficient (Wildman–Crippen LogP) is 7.76. The number of hydrogen-bond acceptors (Lipinski definition) is 6. The van der Waals surface area contributed by atoms with Crippen LogP contribution in [-0.2, 0) is 4.79 Å². The summed E-state index contributed by atoms with van der Waals surface area (Å²) >= 11 is 13.8. The first-order valence-electron chi connectivity index (χ1n) is 11.0. The van der Waals surface area contributed by atoms with Crippen molar-refractivity contribution >= 4 is 64.9 Å². The molecule has 0 saturated heterocycles. The van der Waals surface area contributed by atoms with E-state index in [1.54, 1.807) is 18.2 Å². The van der Waals surface area contributed by atoms with Crippen LogP contribution in [0.25, 0.3) is 0 Å². The van der Waals surface area contributed by atoms with Gasteiger partial charge in [0.05, 0.1) is 26.4 Å². The first-order valence-corrected chi connectivity index (χ1v) is 12.5. The molecule has 0 amide bonds. The molecule has 10 heteroatoms. The number of nitrogens with one attached hydrogen (secondary N) is 1. The summed E-state index contributed by atoms with van der Waals surface area (Å²) in [5.41, 5.74) is 1.81. The third kappa shape index (κ3) is 6.79. The highest BCUT2D eigenvalue weighted by Crippen LogP contribution is 2.42. The number of carboxylic acids is 1. The number of para-hydroxylation sites is 2. The predicted molar refractivity (Wildman–Crippen MR) is 145 cm³/mol. The van der Waals surface area contributed by atoms with Gasteiger partial charge in [-0.25, -0.2) is 0 Å². The number of halogens is 3. The minimum Gasteiger partial charge on any atom is -0.481 e. The van der Waals surface area contributed by atoms with Crippen molar-refractivity contribution in [3.63, 3.8) is 0 Å². The molecule has 2 aromatic rings. The molecule has 0 aromatic heterocycles. The number of rotatable bonds is 10. The zero-order valence-corrected chi connectivity index (χ0v) is 22.3. The Balaban J connectivity index is 0.00000408. The number of carbonyl (C=O) groups is 1. The lowest BCUT2D eigenvalue weighted by Gasteiger charge is -2.40. The molecular formula is C24H30Cl3N3O3S. The molecular weight excluding hydrogens is 517 g/mol. The summed E-state index contributed by atoms with van der Waals surface area (Å²) in [6.45, 7) is 2.51. The molecule has 0 bridgehead atoms. The molecule has 3 rings (SSSR count). The van der Waals surface area contributed by atoms with Gasteiger partial charge in [0, 0.05) is 34.8 Å². The molecule has 1 aliphatic carbocycles. The molecule has 2 unspecified atom stereocenters. The minimum atomic E-state index is -0.923. The van der Waals surface area contributed by atoms with Crippen LogP contribution in [0.4, 0.5) is 11.4 Å². The highest BCUT2D eigenvalue weighted by Gasteiger charge is 2.39. The highest BCUT2D eigenvalue weighted by atomic mass is 35.5. The number of hydrogen-bond donors (Lipinski definition) is 2. The zero-order chi connectivity index (χ0) is 24.0. The van der Waals surface area contributed by atoms with Gasteiger partial charge in [-0.2, -0.15) is 0 Å². The summed E-state index contributed by atoms with van der Waals surface area (Å²) in [7, 11) is 1.92. The second kappa shape index (κ2) is 13.0. The van der Waals surface area contributed by atoms with Gasteiger partial charge in [0.2, 0.25) is 0 Å². The lowest BCUT2D eigenvalue weighted by molar-refractivity contribution is -0.140. The van der Waals surface area contributed by atoms with Crippen LogP contribution in [0.5, 0.6) is 0 Å². The maximum Gasteiger partial charge on any atom is 0.312 e. The van der Waals surface area contributed by atoms with Gasteiger partial charge in [0.15, 0.2) is 0 Å². The van der Waals surface area contributed by atoms with Gasteiger partial charge in [0.25, 0.3) is 0 Å². The molecule has 2 atom stereocenters. The second-order valence-electron chi connectivity index (χ2n) is 8.69. The summed E-state index contributed by atoms with van der Waals surface area (Å²) in [6, 6.07) is 12.2. The number of benzene rings is 2. The third-order valence-corrected chi connectivity index (χ3v) is 8.12. The third-order valence-electron chi connectivity index (χ3n) is 6.50. The first-order chi connectivity index (χ1) is 15.8. The monoisotopic (exact) mass is 545 g/mol. The Morgan fingerprint density at radius 3 is 2.35 bits per heavy atom. The SMILES string of the molecule is CC(C(C(=O)O)c1ccccc1Nc1c(Cl)cccc1Cl)N(C)CC1(SN=O)CCCCC1.Cl. The minimum absolute atomic E-state index is 0. The number of nitrogens with zero attached hydrogens (tertiary/aromatic N) is 2. The van der Waals surface area contributed by atoms with Gasteiger partial charge in [0.1, 0.15) is 0 Å². The van der Waals surface area contributed by atoms with Gasteiger partial charge in [-0.05, 0) is 50.6 Å². The quantitative estimate of drug-likeness (QED) is 0.234. The maximum absolute atomic E-state index is 12.5. The van der Waals surface area contributed by atoms with Crippen molar-refractivity contribution in [2.75, 3.05) is 18.9 Å². The normalized spacial score (nSPS) is 16.9. The average molecular weight is 547 g/mol. The van der Waals surface area contributed by atoms with E-state index in [1.165, 1.54) is 0 Å². The lowest BCUT2D eigenvalue weighted by atomic mass is 9.86. The lowest BCUT2D eigenvalue weighted by Crippen LogP contribution is -2.46. The summed E-state index contributed by atoms with van der Waals surface area (Å²) in [5, 5.41) is 14.4. The maximum atomic E-state index is 12.5. The first kappa shape index (κ1) is 28.7. The van der Waals surface area contributed by atoms with Crippen LogP contribution in [0.15, 0.2) is 47.0 Å². The van der Waals surface area contributed by atoms with E-state index in [-0.39, 0.29) is 23.2 Å². The Morgan fingerprint density at radius 2 is 1.76 bits per heavy atom. The van der Waals surface area contributed by atoms with Crippen LogP contribution >= 0.6 is 47.6 Å². The number of anilines is 2. The number of likely N-dealkylation sites (N-methyl/N-ethyl adjacent to an activating group) is 1. The Labute approximate surface area is 221 Å². The fourth-order valence-corrected chi connectivity index (χ4v) is 6.02. The van der Waals surface area contributed by atoms with Crippen molar-refractivity contribution in [3.05, 3.63) is 63.0 Å². The smallest absolute Gasteiger partial charge is 0.312 e. The van der Waals surface area contributed by atoms with Gasteiger partial charge in [-0.15, -0.1) is 17.3 Å². The van der Waals surface area contributed by atoms with Crippen molar-refractivity contribution in [2.24, 2.45) is 4.58 Å². The molecule has 0 radical (unpaired) electrons. The number of carboxylic acid groups (broad SMARTS) is 1. The van der Waals surface area contributed by atoms with E-state index in [4.69, 9.17) is 23.2 Å². The van der Waals surface area contributed by atoms with E-state index < -0.39 is 11.9 Å². The topological polar surface area (TPSA) is 82.0 Å². The van der Waals surface area contributed by atoms with Crippen molar-refractivity contribution in [1.82, 2.24) is 4.90 Å². The van der Waals surface area contributed by atoms with Crippen molar-refractivity contribution in [3.8, 4) is 0 Å². The molecule has 0 aliphatic heterocycles. The summed E-state index contributed by atoms with van der Waals surface area (Å²) in [4.78, 5) is 25.7. The van der Waals surface area contributed by atoms with Crippen LogP contribution in [-0.4, -0.2) is 40.4 Å². The highest BCUT2D eigenvalue weighted by molar-refractivity contribution is 7.99. The largest absolute Gasteiger partial charge is 0.481 e. The summed E-state index contributed by atoms with van der Waals surface area (Å²) < 4.78 is 2.88. The van der Waals surface area contributed by atoms with Gasteiger partial charge >= 0.3 is 5.97 Å². The van der Waals surface area contributed by atoms with Crippen LogP contribution in [0.3, 0.4) is 0 Å². The molecule has 6 nitrogen and oxygen atoms in total. The molecule has 34 heavy (non-hydrogen) atoms. The second-order valence-corrected chi connectivity index (χ2v) is 10.7. The Morgan fingerprint density at radius 1 is 1.15 bits per heavy atom. The van der Waals surface area contributed by atoms with E-state index in [9.17, 15) is 14.8 Å². The molecule has 1 fully saturated rings. The Bertz CT molecular complexity index is 969. The van der Waals surface area contributed by atoms with E-state index in [0.717, 1.165) is 44.1 Å². The van der Waals surface area contributed by atoms with Crippen molar-refractivity contribution < 1.29 is 9.90 Å². The van der Waals surface area contributed by atoms with Crippen LogP contribution in [0.2, 0.25) is 10.0 Å². The molecule has 1 aliphatic rings. The van der Waals surface area contributed by atoms with E-state index >= 15 is 0 Å². The molecule has 0 heterocycles. The van der Waals surface area contributed by atoms with E-state index in [2.05, 4.69) is 9.90 Å². The molecule has 2 aromatic carbocycles. The summed E-state index contributed by atoms with van der Waals surface area (Å²) in [6.07, 6.45) is 5.07. The Hall–Kier alpha value is -1.51. The molecule has 1 saturated carbocycles. The molecule has 186 valence electrons.